The zero-order valence-corrected chi connectivity index (χ0v) is 19.1. The molecule has 8 nitrogen and oxygen atoms in total. The maximum atomic E-state index is 12.5. The lowest BCUT2D eigenvalue weighted by atomic mass is 10.2. The van der Waals surface area contributed by atoms with Gasteiger partial charge in [0.25, 0.3) is 0 Å². The highest BCUT2D eigenvalue weighted by Crippen LogP contribution is 2.29. The minimum Gasteiger partial charge on any atom is -0.481 e. The van der Waals surface area contributed by atoms with E-state index in [-0.39, 0.29) is 30.1 Å². The summed E-state index contributed by atoms with van der Waals surface area (Å²) in [5.74, 6) is 0.691. The summed E-state index contributed by atoms with van der Waals surface area (Å²) in [6.07, 6.45) is 2.39. The van der Waals surface area contributed by atoms with Crippen LogP contribution in [-0.4, -0.2) is 27.8 Å². The molecule has 0 unspecified atom stereocenters. The van der Waals surface area contributed by atoms with Gasteiger partial charge in [-0.15, -0.1) is 0 Å². The zero-order chi connectivity index (χ0) is 22.4. The Kier molecular flexibility index (Phi) is 7.17. The van der Waals surface area contributed by atoms with Gasteiger partial charge in [-0.1, -0.05) is 30.3 Å². The minimum atomic E-state index is -0.580. The van der Waals surface area contributed by atoms with Gasteiger partial charge in [0, 0.05) is 19.2 Å². The van der Waals surface area contributed by atoms with Gasteiger partial charge < -0.3 is 23.8 Å². The molecule has 0 fully saturated rings. The largest absolute Gasteiger partial charge is 0.481 e. The van der Waals surface area contributed by atoms with Crippen molar-refractivity contribution in [1.29, 1.82) is 0 Å². The van der Waals surface area contributed by atoms with Crippen LogP contribution in [0.25, 0.3) is 11.6 Å². The number of amides is 1. The fraction of sp³-hybridized carbons (Fsp3) is 0.318. The van der Waals surface area contributed by atoms with Crippen molar-refractivity contribution in [3.63, 3.8) is 0 Å². The predicted octanol–water partition coefficient (Wildman–Crippen LogP) is 4.37. The summed E-state index contributed by atoms with van der Waals surface area (Å²) in [6.45, 7) is 6.26. The predicted molar refractivity (Wildman–Crippen MR) is 119 cm³/mol. The molecule has 3 aromatic rings. The SMILES string of the molecule is CC(C)(C)OC(=O)NCCn1c(Br)cnc1-c1occc(=O)c1OCc1ccccc1. The summed E-state index contributed by atoms with van der Waals surface area (Å²) in [5.41, 5.74) is 0.0287. The normalized spacial score (nSPS) is 11.2. The highest BCUT2D eigenvalue weighted by molar-refractivity contribution is 9.10. The summed E-state index contributed by atoms with van der Waals surface area (Å²) in [5, 5.41) is 2.70. The number of hydrogen-bond donors (Lipinski definition) is 1. The van der Waals surface area contributed by atoms with Crippen LogP contribution in [0.15, 0.2) is 62.7 Å². The second-order valence-electron chi connectivity index (χ2n) is 7.70. The molecule has 9 heteroatoms. The van der Waals surface area contributed by atoms with Crippen LogP contribution in [-0.2, 0) is 17.9 Å². The molecule has 1 N–H and O–H groups in total. The molecule has 0 bridgehead atoms. The van der Waals surface area contributed by atoms with E-state index in [9.17, 15) is 9.59 Å². The summed E-state index contributed by atoms with van der Waals surface area (Å²) < 4.78 is 19.1. The molecule has 1 aromatic carbocycles. The Labute approximate surface area is 188 Å². The average molecular weight is 490 g/mol. The van der Waals surface area contributed by atoms with Crippen LogP contribution in [0.3, 0.4) is 0 Å². The van der Waals surface area contributed by atoms with Crippen LogP contribution in [0, 0.1) is 0 Å². The number of benzene rings is 1. The Bertz CT molecular complexity index is 1090. The minimum absolute atomic E-state index is 0.0748. The van der Waals surface area contributed by atoms with E-state index in [1.165, 1.54) is 12.3 Å². The average Bonchev–Trinajstić information content (AvgIpc) is 3.07. The van der Waals surface area contributed by atoms with Gasteiger partial charge in [0.05, 0.1) is 12.5 Å². The van der Waals surface area contributed by atoms with Crippen molar-refractivity contribution in [2.45, 2.75) is 39.5 Å². The van der Waals surface area contributed by atoms with E-state index < -0.39 is 11.7 Å². The van der Waals surface area contributed by atoms with E-state index in [0.717, 1.165) is 5.56 Å². The molecule has 1 amide bonds. The summed E-state index contributed by atoms with van der Waals surface area (Å²) >= 11 is 3.45. The van der Waals surface area contributed by atoms with E-state index in [0.29, 0.717) is 17.0 Å². The van der Waals surface area contributed by atoms with Crippen LogP contribution in [0.4, 0.5) is 4.79 Å². The van der Waals surface area contributed by atoms with Gasteiger partial charge in [-0.2, -0.15) is 0 Å². The third-order valence-corrected chi connectivity index (χ3v) is 4.71. The molecule has 0 radical (unpaired) electrons. The number of nitrogens with one attached hydrogen (secondary N) is 1. The van der Waals surface area contributed by atoms with Gasteiger partial charge >= 0.3 is 6.09 Å². The molecule has 0 spiro atoms. The first kappa shape index (κ1) is 22.6. The number of hydrogen-bond acceptors (Lipinski definition) is 6. The maximum Gasteiger partial charge on any atom is 0.407 e. The maximum absolute atomic E-state index is 12.5. The van der Waals surface area contributed by atoms with Crippen LogP contribution >= 0.6 is 15.9 Å². The topological polar surface area (TPSA) is 95.6 Å². The molecular formula is C22H24BrN3O5. The number of nitrogens with zero attached hydrogens (tertiary/aromatic N) is 2. The number of rotatable bonds is 7. The van der Waals surface area contributed by atoms with E-state index >= 15 is 0 Å². The number of ether oxygens (including phenoxy) is 2. The van der Waals surface area contributed by atoms with E-state index in [1.54, 1.807) is 31.5 Å². The molecule has 2 aromatic heterocycles. The smallest absolute Gasteiger partial charge is 0.407 e. The van der Waals surface area contributed by atoms with E-state index in [1.807, 2.05) is 30.3 Å². The van der Waals surface area contributed by atoms with Crippen molar-refractivity contribution >= 4 is 22.0 Å². The Morgan fingerprint density at radius 3 is 2.68 bits per heavy atom. The molecular weight excluding hydrogens is 466 g/mol. The van der Waals surface area contributed by atoms with Crippen molar-refractivity contribution in [2.24, 2.45) is 0 Å². The molecule has 164 valence electrons. The third kappa shape index (κ3) is 6.21. The first-order valence-corrected chi connectivity index (χ1v) is 10.5. The summed E-state index contributed by atoms with van der Waals surface area (Å²) in [6, 6.07) is 10.8. The molecule has 0 aliphatic carbocycles. The molecule has 0 atom stereocenters. The van der Waals surface area contributed by atoms with Gasteiger partial charge in [-0.3, -0.25) is 4.79 Å². The molecule has 3 rings (SSSR count). The Morgan fingerprint density at radius 1 is 1.23 bits per heavy atom. The van der Waals surface area contributed by atoms with Crippen molar-refractivity contribution in [2.75, 3.05) is 6.54 Å². The zero-order valence-electron chi connectivity index (χ0n) is 17.6. The van der Waals surface area contributed by atoms with Crippen molar-refractivity contribution in [1.82, 2.24) is 14.9 Å². The van der Waals surface area contributed by atoms with Gasteiger partial charge in [0.1, 0.15) is 16.8 Å². The molecule has 2 heterocycles. The lowest BCUT2D eigenvalue weighted by Crippen LogP contribution is -2.34. The first-order chi connectivity index (χ1) is 14.7. The fourth-order valence-corrected chi connectivity index (χ4v) is 3.21. The molecule has 0 aliphatic heterocycles. The number of carbonyl (C=O) groups excluding carboxylic acids is 1. The Balaban J connectivity index is 1.78. The molecule has 0 saturated heterocycles. The van der Waals surface area contributed by atoms with Crippen LogP contribution in [0.1, 0.15) is 26.3 Å². The number of carbonyl (C=O) groups is 1. The van der Waals surface area contributed by atoms with E-state index in [4.69, 9.17) is 13.9 Å². The number of aromatic nitrogens is 2. The standard InChI is InChI=1S/C22H24BrN3O5/c1-22(2,3)31-21(28)24-10-11-26-17(23)13-25-20(26)19-18(16(27)9-12-29-19)30-14-15-7-5-4-6-8-15/h4-9,12-13H,10-11,14H2,1-3H3,(H,24,28). The highest BCUT2D eigenvalue weighted by atomic mass is 79.9. The number of imidazole rings is 1. The van der Waals surface area contributed by atoms with Gasteiger partial charge in [0.15, 0.2) is 5.82 Å². The Hall–Kier alpha value is -3.07. The van der Waals surface area contributed by atoms with Crippen molar-refractivity contribution < 1.29 is 18.7 Å². The third-order valence-electron chi connectivity index (χ3n) is 4.07. The molecule has 0 aliphatic rings. The lowest BCUT2D eigenvalue weighted by Gasteiger charge is -2.20. The summed E-state index contributed by atoms with van der Waals surface area (Å²) in [4.78, 5) is 28.7. The quantitative estimate of drug-likeness (QED) is 0.529. The lowest BCUT2D eigenvalue weighted by molar-refractivity contribution is 0.0526. The Morgan fingerprint density at radius 2 is 1.97 bits per heavy atom. The van der Waals surface area contributed by atoms with Gasteiger partial charge in [-0.05, 0) is 42.3 Å². The first-order valence-electron chi connectivity index (χ1n) is 9.71. The fourth-order valence-electron chi connectivity index (χ4n) is 2.76. The summed E-state index contributed by atoms with van der Waals surface area (Å²) in [7, 11) is 0. The van der Waals surface area contributed by atoms with Crippen molar-refractivity contribution in [3.8, 4) is 17.3 Å². The number of halogens is 1. The molecule has 0 saturated carbocycles. The second-order valence-corrected chi connectivity index (χ2v) is 8.51. The molecule has 31 heavy (non-hydrogen) atoms. The van der Waals surface area contributed by atoms with Crippen LogP contribution in [0.5, 0.6) is 5.75 Å². The van der Waals surface area contributed by atoms with E-state index in [2.05, 4.69) is 26.2 Å². The second kappa shape index (κ2) is 9.82. The number of alkyl carbamates (subject to hydrolysis) is 1. The van der Waals surface area contributed by atoms with Crippen molar-refractivity contribution in [3.05, 3.63) is 69.2 Å². The monoisotopic (exact) mass is 489 g/mol. The van der Waals surface area contributed by atoms with Gasteiger partial charge in [-0.25, -0.2) is 9.78 Å². The van der Waals surface area contributed by atoms with Gasteiger partial charge in [0.2, 0.25) is 16.9 Å². The highest BCUT2D eigenvalue weighted by Gasteiger charge is 2.21. The van der Waals surface area contributed by atoms with Crippen LogP contribution in [0.2, 0.25) is 0 Å². The van der Waals surface area contributed by atoms with Crippen LogP contribution < -0.4 is 15.5 Å².